The molecule has 1 amide bonds. The maximum atomic E-state index is 13.1. The summed E-state index contributed by atoms with van der Waals surface area (Å²) in [6.45, 7) is 1.85. The number of hydrogen-bond donors (Lipinski definition) is 2. The Morgan fingerprint density at radius 2 is 1.60 bits per heavy atom. The minimum Gasteiger partial charge on any atom is -0.497 e. The Balaban J connectivity index is 1.31. The molecular weight excluding hydrogens is 502 g/mol. The van der Waals surface area contributed by atoms with E-state index >= 15 is 0 Å². The van der Waals surface area contributed by atoms with Crippen LogP contribution in [0.1, 0.15) is 28.8 Å². The van der Waals surface area contributed by atoms with Gasteiger partial charge in [0.15, 0.2) is 0 Å². The fraction of sp³-hybridized carbons (Fsp3) is 0.212. The summed E-state index contributed by atoms with van der Waals surface area (Å²) >= 11 is 0. The molecule has 7 heteroatoms. The van der Waals surface area contributed by atoms with Crippen LogP contribution in [0.25, 0.3) is 22.3 Å². The molecule has 7 nitrogen and oxygen atoms in total. The second kappa shape index (κ2) is 12.4. The smallest absolute Gasteiger partial charge is 0.255 e. The molecule has 40 heavy (non-hydrogen) atoms. The van der Waals surface area contributed by atoms with Crippen molar-refractivity contribution < 1.29 is 19.0 Å². The summed E-state index contributed by atoms with van der Waals surface area (Å²) in [4.78, 5) is 13.1. The molecule has 0 saturated carbocycles. The third kappa shape index (κ3) is 6.09. The lowest BCUT2D eigenvalue weighted by Crippen LogP contribution is -2.34. The number of carbonyl (C=O) groups excluding carboxylic acids is 1. The van der Waals surface area contributed by atoms with Crippen LogP contribution < -0.4 is 24.8 Å². The summed E-state index contributed by atoms with van der Waals surface area (Å²) in [5.74, 6) is 1.78. The molecule has 4 aromatic carbocycles. The molecule has 0 spiro atoms. The second-order valence-corrected chi connectivity index (χ2v) is 9.57. The predicted octanol–water partition coefficient (Wildman–Crippen LogP) is 6.29. The fourth-order valence-electron chi connectivity index (χ4n) is 4.81. The Morgan fingerprint density at radius 3 is 2.33 bits per heavy atom. The van der Waals surface area contributed by atoms with E-state index in [0.29, 0.717) is 28.3 Å². The number of hydrogen-bond acceptors (Lipinski definition) is 6. The van der Waals surface area contributed by atoms with E-state index in [1.54, 1.807) is 26.4 Å². The zero-order valence-electron chi connectivity index (χ0n) is 22.6. The summed E-state index contributed by atoms with van der Waals surface area (Å²) in [5, 5.41) is 16.0. The standard InChI is InChI=1S/C33H31N3O4/c1-38-29-5-3-4-24(19-29)30-20-25(9-13-32(30)39-2)33(37)36-27-10-6-22(7-11-27)23-8-12-31(26(18-23)21-34)40-28-14-16-35-17-15-28/h3-13,18-20,28,35H,14-17H2,1-2H3,(H,36,37). The van der Waals surface area contributed by atoms with Crippen molar-refractivity contribution in [3.63, 3.8) is 0 Å². The second-order valence-electron chi connectivity index (χ2n) is 9.57. The van der Waals surface area contributed by atoms with Crippen LogP contribution in [0.4, 0.5) is 5.69 Å². The Kier molecular flexibility index (Phi) is 8.29. The number of carbonyl (C=O) groups is 1. The number of nitrogens with one attached hydrogen (secondary N) is 2. The largest absolute Gasteiger partial charge is 0.497 e. The molecular formula is C33H31N3O4. The molecule has 0 radical (unpaired) electrons. The number of nitriles is 1. The minimum atomic E-state index is -0.231. The van der Waals surface area contributed by atoms with Crippen molar-refractivity contribution in [3.05, 3.63) is 96.1 Å². The molecule has 0 aromatic heterocycles. The van der Waals surface area contributed by atoms with Gasteiger partial charge in [-0.25, -0.2) is 0 Å². The van der Waals surface area contributed by atoms with Crippen LogP contribution >= 0.6 is 0 Å². The normalized spacial score (nSPS) is 13.2. The van der Waals surface area contributed by atoms with Gasteiger partial charge in [-0.2, -0.15) is 5.26 Å². The molecule has 5 rings (SSSR count). The lowest BCUT2D eigenvalue weighted by molar-refractivity contribution is 0.102. The average molecular weight is 534 g/mol. The maximum Gasteiger partial charge on any atom is 0.255 e. The Hall–Kier alpha value is -4.80. The Morgan fingerprint density at radius 1 is 0.850 bits per heavy atom. The maximum absolute atomic E-state index is 13.1. The highest BCUT2D eigenvalue weighted by molar-refractivity contribution is 6.05. The van der Waals surface area contributed by atoms with Crippen LogP contribution in [0.5, 0.6) is 17.2 Å². The lowest BCUT2D eigenvalue weighted by Gasteiger charge is -2.24. The van der Waals surface area contributed by atoms with Gasteiger partial charge < -0.3 is 24.8 Å². The monoisotopic (exact) mass is 533 g/mol. The van der Waals surface area contributed by atoms with Gasteiger partial charge >= 0.3 is 0 Å². The van der Waals surface area contributed by atoms with E-state index in [4.69, 9.17) is 14.2 Å². The van der Waals surface area contributed by atoms with Crippen LogP contribution in [0.2, 0.25) is 0 Å². The number of anilines is 1. The first-order valence-electron chi connectivity index (χ1n) is 13.2. The van der Waals surface area contributed by atoms with Gasteiger partial charge in [-0.3, -0.25) is 4.79 Å². The highest BCUT2D eigenvalue weighted by atomic mass is 16.5. The van der Waals surface area contributed by atoms with Crippen LogP contribution in [0.15, 0.2) is 84.9 Å². The Bertz CT molecular complexity index is 1540. The van der Waals surface area contributed by atoms with E-state index in [1.165, 1.54) is 0 Å². The topological polar surface area (TPSA) is 92.6 Å². The molecule has 0 atom stereocenters. The van der Waals surface area contributed by atoms with Crippen molar-refractivity contribution in [1.29, 1.82) is 5.26 Å². The zero-order chi connectivity index (χ0) is 27.9. The van der Waals surface area contributed by atoms with Crippen molar-refractivity contribution in [3.8, 4) is 45.6 Å². The van der Waals surface area contributed by atoms with Crippen molar-refractivity contribution >= 4 is 11.6 Å². The first-order chi connectivity index (χ1) is 19.6. The van der Waals surface area contributed by atoms with E-state index < -0.39 is 0 Å². The van der Waals surface area contributed by atoms with Crippen molar-refractivity contribution in [2.75, 3.05) is 32.6 Å². The summed E-state index contributed by atoms with van der Waals surface area (Å²) in [7, 11) is 3.22. The van der Waals surface area contributed by atoms with Gasteiger partial charge in [0.05, 0.1) is 19.8 Å². The fourth-order valence-corrected chi connectivity index (χ4v) is 4.81. The van der Waals surface area contributed by atoms with E-state index in [2.05, 4.69) is 16.7 Å². The minimum absolute atomic E-state index is 0.124. The highest BCUT2D eigenvalue weighted by Gasteiger charge is 2.17. The van der Waals surface area contributed by atoms with Gasteiger partial charge in [0, 0.05) is 16.8 Å². The molecule has 0 unspecified atom stereocenters. The molecule has 1 saturated heterocycles. The molecule has 4 aromatic rings. The first-order valence-corrected chi connectivity index (χ1v) is 13.2. The van der Waals surface area contributed by atoms with Crippen molar-refractivity contribution in [1.82, 2.24) is 5.32 Å². The quantitative estimate of drug-likeness (QED) is 0.276. The molecule has 1 fully saturated rings. The van der Waals surface area contributed by atoms with E-state index in [1.807, 2.05) is 72.8 Å². The number of rotatable bonds is 8. The molecule has 2 N–H and O–H groups in total. The van der Waals surface area contributed by atoms with Gasteiger partial charge in [0.1, 0.15) is 29.4 Å². The number of piperidine rings is 1. The number of benzene rings is 4. The molecule has 1 heterocycles. The molecule has 0 bridgehead atoms. The lowest BCUT2D eigenvalue weighted by atomic mass is 10.0. The predicted molar refractivity (Wildman–Crippen MR) is 156 cm³/mol. The highest BCUT2D eigenvalue weighted by Crippen LogP contribution is 2.33. The van der Waals surface area contributed by atoms with Gasteiger partial charge in [-0.15, -0.1) is 0 Å². The van der Waals surface area contributed by atoms with E-state index in [-0.39, 0.29) is 12.0 Å². The number of nitrogens with zero attached hydrogens (tertiary/aromatic N) is 1. The average Bonchev–Trinajstić information content (AvgIpc) is 3.01. The number of amides is 1. The first kappa shape index (κ1) is 26.8. The molecule has 202 valence electrons. The summed E-state index contributed by atoms with van der Waals surface area (Å²) in [5.41, 5.74) is 5.21. The number of ether oxygens (including phenoxy) is 3. The van der Waals surface area contributed by atoms with Crippen LogP contribution in [0, 0.1) is 11.3 Å². The van der Waals surface area contributed by atoms with E-state index in [9.17, 15) is 10.1 Å². The van der Waals surface area contributed by atoms with Gasteiger partial charge in [-0.1, -0.05) is 30.3 Å². The van der Waals surface area contributed by atoms with Crippen LogP contribution in [0.3, 0.4) is 0 Å². The van der Waals surface area contributed by atoms with Crippen LogP contribution in [-0.4, -0.2) is 39.3 Å². The third-order valence-electron chi connectivity index (χ3n) is 7.00. The van der Waals surface area contributed by atoms with Gasteiger partial charge in [0.2, 0.25) is 0 Å². The van der Waals surface area contributed by atoms with Gasteiger partial charge in [-0.05, 0) is 97.2 Å². The number of methoxy groups -OCH3 is 2. The summed E-state index contributed by atoms with van der Waals surface area (Å²) < 4.78 is 17.0. The molecule has 0 aliphatic carbocycles. The third-order valence-corrected chi connectivity index (χ3v) is 7.00. The van der Waals surface area contributed by atoms with Gasteiger partial charge in [0.25, 0.3) is 5.91 Å². The molecule has 1 aliphatic heterocycles. The molecule has 1 aliphatic rings. The summed E-state index contributed by atoms with van der Waals surface area (Å²) in [6.07, 6.45) is 1.98. The Labute approximate surface area is 234 Å². The van der Waals surface area contributed by atoms with E-state index in [0.717, 1.165) is 53.9 Å². The summed E-state index contributed by atoms with van der Waals surface area (Å²) in [6, 6.07) is 28.5. The van der Waals surface area contributed by atoms with Crippen molar-refractivity contribution in [2.24, 2.45) is 0 Å². The van der Waals surface area contributed by atoms with Crippen molar-refractivity contribution in [2.45, 2.75) is 18.9 Å². The zero-order valence-corrected chi connectivity index (χ0v) is 22.6. The SMILES string of the molecule is COc1cccc(-c2cc(C(=O)Nc3ccc(-c4ccc(OC5CCNCC5)c(C#N)c4)cc3)ccc2OC)c1. The van der Waals surface area contributed by atoms with Crippen LogP contribution in [-0.2, 0) is 0 Å².